The van der Waals surface area contributed by atoms with Crippen LogP contribution in [0.4, 0.5) is 0 Å². The van der Waals surface area contributed by atoms with Crippen molar-refractivity contribution in [3.8, 4) is 5.75 Å². The summed E-state index contributed by atoms with van der Waals surface area (Å²) in [5.74, 6) is 0.0479. The second kappa shape index (κ2) is 6.98. The Hall–Kier alpha value is -1.59. The number of rotatable bonds is 6. The maximum atomic E-state index is 11.8. The summed E-state index contributed by atoms with van der Waals surface area (Å²) in [7, 11) is 1.69. The van der Waals surface area contributed by atoms with E-state index in [1.807, 2.05) is 13.0 Å². The van der Waals surface area contributed by atoms with E-state index in [1.54, 1.807) is 30.1 Å². The van der Waals surface area contributed by atoms with Crippen molar-refractivity contribution in [2.24, 2.45) is 5.73 Å². The highest BCUT2D eigenvalue weighted by Gasteiger charge is 2.19. The largest absolute Gasteiger partial charge is 0.508 e. The molecule has 1 aromatic rings. The number of carbonyl (C=O) groups is 1. The molecular weight excluding hydrogens is 232 g/mol. The lowest BCUT2D eigenvalue weighted by Gasteiger charge is -2.25. The van der Waals surface area contributed by atoms with E-state index in [-0.39, 0.29) is 24.3 Å². The van der Waals surface area contributed by atoms with Crippen molar-refractivity contribution >= 4 is 5.91 Å². The Morgan fingerprint density at radius 1 is 1.50 bits per heavy atom. The van der Waals surface area contributed by atoms with Gasteiger partial charge in [-0.1, -0.05) is 18.2 Å². The Balaban J connectivity index is 2.63. The number of hydrogen-bond donors (Lipinski definition) is 2. The van der Waals surface area contributed by atoms with Gasteiger partial charge in [0.1, 0.15) is 12.4 Å². The smallest absolute Gasteiger partial charge is 0.248 e. The zero-order valence-corrected chi connectivity index (χ0v) is 10.8. The standard InChI is InChI=1S/C13H20N2O3/c1-10(11-5-3-4-6-12(11)16)15(2)13(17)9-18-8-7-14/h3-6,10,16H,7-9,14H2,1-2H3. The molecule has 0 saturated carbocycles. The van der Waals surface area contributed by atoms with Crippen LogP contribution in [0.5, 0.6) is 5.75 Å². The Labute approximate surface area is 107 Å². The van der Waals surface area contributed by atoms with Crippen molar-refractivity contribution in [2.75, 3.05) is 26.8 Å². The maximum absolute atomic E-state index is 11.8. The molecule has 0 fully saturated rings. The van der Waals surface area contributed by atoms with Crippen LogP contribution in [0.1, 0.15) is 18.5 Å². The number of para-hydroxylation sites is 1. The third-order valence-corrected chi connectivity index (χ3v) is 2.85. The van der Waals surface area contributed by atoms with Crippen LogP contribution >= 0.6 is 0 Å². The normalized spacial score (nSPS) is 12.2. The second-order valence-electron chi connectivity index (χ2n) is 4.08. The SMILES string of the molecule is CC(c1ccccc1O)N(C)C(=O)COCCN. The highest BCUT2D eigenvalue weighted by molar-refractivity contribution is 5.77. The lowest BCUT2D eigenvalue weighted by Crippen LogP contribution is -2.33. The van der Waals surface area contributed by atoms with Gasteiger partial charge in [-0.05, 0) is 13.0 Å². The van der Waals surface area contributed by atoms with Crippen LogP contribution < -0.4 is 5.73 Å². The van der Waals surface area contributed by atoms with Crippen LogP contribution in [0.15, 0.2) is 24.3 Å². The molecular formula is C13H20N2O3. The maximum Gasteiger partial charge on any atom is 0.248 e. The molecule has 0 radical (unpaired) electrons. The number of nitrogens with two attached hydrogens (primary N) is 1. The van der Waals surface area contributed by atoms with E-state index >= 15 is 0 Å². The van der Waals surface area contributed by atoms with Crippen molar-refractivity contribution in [3.63, 3.8) is 0 Å². The molecule has 100 valence electrons. The minimum atomic E-state index is -0.208. The number of carbonyl (C=O) groups excluding carboxylic acids is 1. The second-order valence-corrected chi connectivity index (χ2v) is 4.08. The van der Waals surface area contributed by atoms with E-state index in [1.165, 1.54) is 0 Å². The summed E-state index contributed by atoms with van der Waals surface area (Å²) in [5, 5.41) is 9.74. The van der Waals surface area contributed by atoms with E-state index in [4.69, 9.17) is 10.5 Å². The minimum Gasteiger partial charge on any atom is -0.508 e. The molecule has 5 heteroatoms. The Morgan fingerprint density at radius 3 is 2.78 bits per heavy atom. The first-order chi connectivity index (χ1) is 8.57. The number of nitrogens with zero attached hydrogens (tertiary/aromatic N) is 1. The molecule has 5 nitrogen and oxygen atoms in total. The lowest BCUT2D eigenvalue weighted by molar-refractivity contribution is -0.136. The van der Waals surface area contributed by atoms with Gasteiger partial charge in [0.2, 0.25) is 5.91 Å². The summed E-state index contributed by atoms with van der Waals surface area (Å²) in [6, 6.07) is 6.77. The molecule has 0 aliphatic carbocycles. The summed E-state index contributed by atoms with van der Waals surface area (Å²) >= 11 is 0. The molecule has 0 aromatic heterocycles. The highest BCUT2D eigenvalue weighted by Crippen LogP contribution is 2.26. The number of aromatic hydroxyl groups is 1. The summed E-state index contributed by atoms with van der Waals surface area (Å²) < 4.78 is 5.10. The topological polar surface area (TPSA) is 75.8 Å². The predicted molar refractivity (Wildman–Crippen MR) is 69.2 cm³/mol. The van der Waals surface area contributed by atoms with Gasteiger partial charge < -0.3 is 20.5 Å². The molecule has 0 spiro atoms. The fourth-order valence-corrected chi connectivity index (χ4v) is 1.61. The van der Waals surface area contributed by atoms with Gasteiger partial charge in [-0.15, -0.1) is 0 Å². The number of hydrogen-bond acceptors (Lipinski definition) is 4. The van der Waals surface area contributed by atoms with Crippen molar-refractivity contribution in [1.29, 1.82) is 0 Å². The van der Waals surface area contributed by atoms with Crippen LogP contribution in [-0.4, -0.2) is 42.7 Å². The average molecular weight is 252 g/mol. The van der Waals surface area contributed by atoms with Crippen LogP contribution in [0.3, 0.4) is 0 Å². The molecule has 0 heterocycles. The number of amides is 1. The molecule has 0 saturated heterocycles. The molecule has 3 N–H and O–H groups in total. The van der Waals surface area contributed by atoms with Crippen molar-refractivity contribution in [2.45, 2.75) is 13.0 Å². The molecule has 1 aromatic carbocycles. The Morgan fingerprint density at radius 2 is 2.17 bits per heavy atom. The number of phenolic OH excluding ortho intramolecular Hbond substituents is 1. The molecule has 0 aliphatic heterocycles. The van der Waals surface area contributed by atoms with E-state index < -0.39 is 0 Å². The molecule has 1 atom stereocenters. The van der Waals surface area contributed by atoms with Crippen LogP contribution in [0, 0.1) is 0 Å². The van der Waals surface area contributed by atoms with E-state index in [2.05, 4.69) is 0 Å². The molecule has 1 rings (SSSR count). The fraction of sp³-hybridized carbons (Fsp3) is 0.462. The number of phenols is 1. The third-order valence-electron chi connectivity index (χ3n) is 2.85. The number of likely N-dealkylation sites (N-methyl/N-ethyl adjacent to an activating group) is 1. The molecule has 1 amide bonds. The first-order valence-corrected chi connectivity index (χ1v) is 5.89. The highest BCUT2D eigenvalue weighted by atomic mass is 16.5. The zero-order chi connectivity index (χ0) is 13.5. The first kappa shape index (κ1) is 14.5. The average Bonchev–Trinajstić information content (AvgIpc) is 2.38. The van der Waals surface area contributed by atoms with Gasteiger partial charge in [-0.25, -0.2) is 0 Å². The summed E-state index contributed by atoms with van der Waals surface area (Å²) in [6.07, 6.45) is 0. The van der Waals surface area contributed by atoms with Crippen molar-refractivity contribution in [1.82, 2.24) is 4.90 Å². The molecule has 0 bridgehead atoms. The van der Waals surface area contributed by atoms with Crippen LogP contribution in [0.2, 0.25) is 0 Å². The zero-order valence-electron chi connectivity index (χ0n) is 10.8. The molecule has 1 unspecified atom stereocenters. The summed E-state index contributed by atoms with van der Waals surface area (Å²) in [4.78, 5) is 13.4. The number of ether oxygens (including phenoxy) is 1. The number of benzene rings is 1. The van der Waals surface area contributed by atoms with Crippen molar-refractivity contribution in [3.05, 3.63) is 29.8 Å². The van der Waals surface area contributed by atoms with Gasteiger partial charge in [0.15, 0.2) is 0 Å². The quantitative estimate of drug-likeness (QED) is 0.737. The predicted octanol–water partition coefficient (Wildman–Crippen LogP) is 0.887. The third kappa shape index (κ3) is 3.72. The van der Waals surface area contributed by atoms with E-state index in [9.17, 15) is 9.90 Å². The molecule has 18 heavy (non-hydrogen) atoms. The van der Waals surface area contributed by atoms with Crippen LogP contribution in [-0.2, 0) is 9.53 Å². The Bertz CT molecular complexity index is 396. The van der Waals surface area contributed by atoms with Gasteiger partial charge in [-0.3, -0.25) is 4.79 Å². The lowest BCUT2D eigenvalue weighted by atomic mass is 10.1. The minimum absolute atomic E-state index is 0.00559. The van der Waals surface area contributed by atoms with Gasteiger partial charge in [0.25, 0.3) is 0 Å². The summed E-state index contributed by atoms with van der Waals surface area (Å²) in [6.45, 7) is 2.62. The fourth-order valence-electron chi connectivity index (χ4n) is 1.61. The van der Waals surface area contributed by atoms with Gasteiger partial charge in [0.05, 0.1) is 12.6 Å². The van der Waals surface area contributed by atoms with Crippen molar-refractivity contribution < 1.29 is 14.6 Å². The van der Waals surface area contributed by atoms with E-state index in [0.717, 1.165) is 0 Å². The molecule has 0 aliphatic rings. The van der Waals surface area contributed by atoms with E-state index in [0.29, 0.717) is 18.7 Å². The summed E-state index contributed by atoms with van der Waals surface area (Å²) in [5.41, 5.74) is 5.99. The van der Waals surface area contributed by atoms with Gasteiger partial charge >= 0.3 is 0 Å². The Kier molecular flexibility index (Phi) is 5.61. The monoisotopic (exact) mass is 252 g/mol. The van der Waals surface area contributed by atoms with Gasteiger partial charge in [-0.2, -0.15) is 0 Å². The van der Waals surface area contributed by atoms with Gasteiger partial charge in [0, 0.05) is 19.2 Å². The first-order valence-electron chi connectivity index (χ1n) is 5.89. The van der Waals surface area contributed by atoms with Crippen LogP contribution in [0.25, 0.3) is 0 Å².